The molecule has 1 unspecified atom stereocenters. The molecule has 10 heteroatoms. The van der Waals surface area contributed by atoms with Gasteiger partial charge in [-0.2, -0.15) is 0 Å². The molecule has 0 spiro atoms. The van der Waals surface area contributed by atoms with Gasteiger partial charge in [-0.05, 0) is 44.9 Å². The summed E-state index contributed by atoms with van der Waals surface area (Å²) in [7, 11) is -4.78. The summed E-state index contributed by atoms with van der Waals surface area (Å²) in [6.07, 6.45) is 40.9. The number of hydrogen-bond acceptors (Lipinski definition) is 7. The number of allylic oxidation sites excluding steroid dienone is 10. The van der Waals surface area contributed by atoms with Gasteiger partial charge in [-0.3, -0.25) is 14.1 Å². The monoisotopic (exact) mass is 722 g/mol. The van der Waals surface area contributed by atoms with Crippen LogP contribution < -0.4 is 0 Å². The third kappa shape index (κ3) is 36.7. The molecular weight excluding hydrogens is 655 g/mol. The fraction of sp³-hybridized carbons (Fsp3) is 0.650. The normalized spacial score (nSPS) is 13.9. The molecule has 0 fully saturated rings. The number of hydrogen-bond donors (Lipinski definition) is 3. The Balaban J connectivity index is 4.18. The van der Waals surface area contributed by atoms with Crippen molar-refractivity contribution >= 4 is 19.8 Å². The van der Waals surface area contributed by atoms with E-state index >= 15 is 0 Å². The van der Waals surface area contributed by atoms with E-state index in [9.17, 15) is 19.3 Å². The Morgan fingerprint density at radius 3 is 1.82 bits per heavy atom. The van der Waals surface area contributed by atoms with Crippen LogP contribution in [0.1, 0.15) is 142 Å². The minimum absolute atomic E-state index is 0.117. The van der Waals surface area contributed by atoms with Crippen molar-refractivity contribution in [3.05, 3.63) is 72.9 Å². The predicted octanol–water partition coefficient (Wildman–Crippen LogP) is 10.1. The molecule has 50 heavy (non-hydrogen) atoms. The van der Waals surface area contributed by atoms with E-state index in [2.05, 4.69) is 36.6 Å². The number of aliphatic hydroxyl groups is 1. The first-order chi connectivity index (χ1) is 24.2. The van der Waals surface area contributed by atoms with Crippen molar-refractivity contribution in [2.24, 2.45) is 0 Å². The first-order valence-corrected chi connectivity index (χ1v) is 20.4. The summed E-state index contributed by atoms with van der Waals surface area (Å²) in [4.78, 5) is 42.6. The summed E-state index contributed by atoms with van der Waals surface area (Å²) < 4.78 is 26.2. The zero-order valence-electron chi connectivity index (χ0n) is 30.9. The summed E-state index contributed by atoms with van der Waals surface area (Å²) in [6, 6.07) is 0. The Bertz CT molecular complexity index is 1060. The number of esters is 2. The van der Waals surface area contributed by atoms with Gasteiger partial charge in [-0.25, -0.2) is 4.57 Å². The Morgan fingerprint density at radius 1 is 0.640 bits per heavy atom. The largest absolute Gasteiger partial charge is 0.469 e. The molecule has 0 rings (SSSR count). The van der Waals surface area contributed by atoms with Gasteiger partial charge in [0, 0.05) is 12.8 Å². The van der Waals surface area contributed by atoms with Crippen molar-refractivity contribution in [2.45, 2.75) is 154 Å². The molecule has 0 aromatic carbocycles. The van der Waals surface area contributed by atoms with Crippen LogP contribution in [-0.4, -0.2) is 52.3 Å². The second-order valence-electron chi connectivity index (χ2n) is 12.4. The van der Waals surface area contributed by atoms with Gasteiger partial charge in [-0.1, -0.05) is 157 Å². The highest BCUT2D eigenvalue weighted by atomic mass is 31.2. The Hall–Kier alpha value is -2.55. The van der Waals surface area contributed by atoms with Crippen molar-refractivity contribution in [1.82, 2.24) is 0 Å². The van der Waals surface area contributed by atoms with Crippen molar-refractivity contribution in [1.29, 1.82) is 0 Å². The van der Waals surface area contributed by atoms with E-state index in [1.54, 1.807) is 6.08 Å². The molecule has 286 valence electrons. The van der Waals surface area contributed by atoms with E-state index in [0.717, 1.165) is 38.5 Å². The number of phosphoric acid groups is 1. The van der Waals surface area contributed by atoms with Gasteiger partial charge in [0.15, 0.2) is 6.10 Å². The summed E-state index contributed by atoms with van der Waals surface area (Å²) in [6.45, 7) is 3.41. The molecular formula is C40H67O9P. The Kier molecular flexibility index (Phi) is 33.1. The highest BCUT2D eigenvalue weighted by Crippen LogP contribution is 2.36. The quantitative estimate of drug-likeness (QED) is 0.0198. The van der Waals surface area contributed by atoms with Gasteiger partial charge in [0.2, 0.25) is 0 Å². The number of aliphatic hydroxyl groups excluding tert-OH is 1. The topological polar surface area (TPSA) is 140 Å². The second kappa shape index (κ2) is 34.9. The maximum absolute atomic E-state index is 12.3. The third-order valence-corrected chi connectivity index (χ3v) is 8.07. The van der Waals surface area contributed by atoms with Gasteiger partial charge in [0.1, 0.15) is 6.61 Å². The average Bonchev–Trinajstić information content (AvgIpc) is 3.08. The van der Waals surface area contributed by atoms with E-state index in [-0.39, 0.29) is 19.4 Å². The van der Waals surface area contributed by atoms with Crippen LogP contribution in [-0.2, 0) is 28.2 Å². The minimum atomic E-state index is -4.78. The molecule has 0 saturated carbocycles. The summed E-state index contributed by atoms with van der Waals surface area (Å²) in [5.74, 6) is -1.02. The third-order valence-electron chi connectivity index (χ3n) is 7.58. The fourth-order valence-electron chi connectivity index (χ4n) is 4.78. The van der Waals surface area contributed by atoms with Gasteiger partial charge in [0.05, 0.1) is 12.7 Å². The molecule has 0 aliphatic heterocycles. The van der Waals surface area contributed by atoms with Crippen LogP contribution in [0.3, 0.4) is 0 Å². The van der Waals surface area contributed by atoms with Gasteiger partial charge in [-0.15, -0.1) is 0 Å². The van der Waals surface area contributed by atoms with Crippen molar-refractivity contribution in [2.75, 3.05) is 13.2 Å². The smallest absolute Gasteiger partial charge is 0.462 e. The molecule has 2 atom stereocenters. The molecule has 0 aromatic heterocycles. The fourth-order valence-corrected chi connectivity index (χ4v) is 5.14. The molecule has 0 aliphatic rings. The van der Waals surface area contributed by atoms with Crippen LogP contribution in [0.15, 0.2) is 72.9 Å². The number of carbonyl (C=O) groups is 2. The Labute approximate surface area is 302 Å². The molecule has 0 aliphatic carbocycles. The number of carbonyl (C=O) groups excluding carboxylic acids is 2. The standard InChI is InChI=1S/C40H67O9P/c1-3-5-7-9-11-12-13-14-19-22-26-30-34-40(43)49-38(36-48-50(44,45)46)35-47-39(42)33-29-25-21-18-16-15-17-20-24-28-32-37(41)31-27-23-10-8-6-4-2/h6,8,15-16,20-21,23-25,27-28,32,37-38,41H,3-5,7,9-14,17-19,22,26,29-31,33-36H2,1-2H3,(H2,44,45,46)/b8-6-,16-15-,24-20-,25-21-,27-23-,32-28+/t37?,38-/m1/s1. The zero-order chi connectivity index (χ0) is 37.0. The molecule has 3 N–H and O–H groups in total. The molecule has 0 saturated heterocycles. The predicted molar refractivity (Wildman–Crippen MR) is 203 cm³/mol. The molecule has 0 bridgehead atoms. The average molecular weight is 723 g/mol. The number of unbranched alkanes of at least 4 members (excludes halogenated alkanes) is 11. The lowest BCUT2D eigenvalue weighted by molar-refractivity contribution is -0.161. The zero-order valence-corrected chi connectivity index (χ0v) is 31.8. The van der Waals surface area contributed by atoms with Crippen LogP contribution in [0.25, 0.3) is 0 Å². The van der Waals surface area contributed by atoms with Crippen LogP contribution in [0.2, 0.25) is 0 Å². The molecule has 0 aromatic rings. The molecule has 9 nitrogen and oxygen atoms in total. The Morgan fingerprint density at radius 2 is 1.20 bits per heavy atom. The second-order valence-corrected chi connectivity index (χ2v) is 13.6. The lowest BCUT2D eigenvalue weighted by Crippen LogP contribution is -2.29. The van der Waals surface area contributed by atoms with Gasteiger partial charge < -0.3 is 24.4 Å². The van der Waals surface area contributed by atoms with E-state index in [4.69, 9.17) is 19.3 Å². The first-order valence-electron chi connectivity index (χ1n) is 18.8. The van der Waals surface area contributed by atoms with E-state index in [1.165, 1.54) is 51.4 Å². The molecule has 0 heterocycles. The highest BCUT2D eigenvalue weighted by Gasteiger charge is 2.22. The van der Waals surface area contributed by atoms with Crippen LogP contribution >= 0.6 is 7.82 Å². The van der Waals surface area contributed by atoms with Crippen molar-refractivity contribution in [3.63, 3.8) is 0 Å². The van der Waals surface area contributed by atoms with E-state index < -0.39 is 38.6 Å². The van der Waals surface area contributed by atoms with Crippen LogP contribution in [0.4, 0.5) is 0 Å². The molecule has 0 amide bonds. The number of rotatable bonds is 33. The minimum Gasteiger partial charge on any atom is -0.462 e. The maximum atomic E-state index is 12.3. The maximum Gasteiger partial charge on any atom is 0.469 e. The van der Waals surface area contributed by atoms with Crippen molar-refractivity contribution < 1.29 is 43.0 Å². The van der Waals surface area contributed by atoms with E-state index in [1.807, 2.05) is 48.6 Å². The van der Waals surface area contributed by atoms with Crippen molar-refractivity contribution in [3.8, 4) is 0 Å². The van der Waals surface area contributed by atoms with Crippen LogP contribution in [0.5, 0.6) is 0 Å². The van der Waals surface area contributed by atoms with Gasteiger partial charge in [0.25, 0.3) is 0 Å². The lowest BCUT2D eigenvalue weighted by Gasteiger charge is -2.18. The highest BCUT2D eigenvalue weighted by molar-refractivity contribution is 7.46. The number of phosphoric ester groups is 1. The molecule has 0 radical (unpaired) electrons. The van der Waals surface area contributed by atoms with E-state index in [0.29, 0.717) is 25.7 Å². The van der Waals surface area contributed by atoms with Crippen LogP contribution in [0, 0.1) is 0 Å². The van der Waals surface area contributed by atoms with Gasteiger partial charge >= 0.3 is 19.8 Å². The lowest BCUT2D eigenvalue weighted by atomic mass is 10.0. The SMILES string of the molecule is CC/C=C\C/C=C\CC(O)/C=C/C=C\C/C=C\C/C=C\CCC(=O)OC[C@H](COP(=O)(O)O)OC(=O)CCCCCCCCCCCCCC. The first kappa shape index (κ1) is 47.4. The number of ether oxygens (including phenoxy) is 2. The summed E-state index contributed by atoms with van der Waals surface area (Å²) in [5.41, 5.74) is 0. The summed E-state index contributed by atoms with van der Waals surface area (Å²) in [5, 5.41) is 9.95. The summed E-state index contributed by atoms with van der Waals surface area (Å²) >= 11 is 0.